The minimum Gasteiger partial charge on any atom is -0.329 e. The van der Waals surface area contributed by atoms with Crippen molar-refractivity contribution < 1.29 is 14.4 Å². The Bertz CT molecular complexity index is 526. The number of amides is 2. The molecule has 5 nitrogen and oxygen atoms in total. The van der Waals surface area contributed by atoms with Gasteiger partial charge in [0, 0.05) is 6.54 Å². The molecular formula is C13H14N2O3S. The molecule has 1 atom stereocenters. The average Bonchev–Trinajstić information content (AvgIpc) is 3.05. The van der Waals surface area contributed by atoms with Gasteiger partial charge in [0.1, 0.15) is 12.6 Å². The zero-order valence-corrected chi connectivity index (χ0v) is 11.2. The van der Waals surface area contributed by atoms with Gasteiger partial charge in [-0.15, -0.1) is 11.3 Å². The van der Waals surface area contributed by atoms with Crippen molar-refractivity contribution in [3.63, 3.8) is 0 Å². The van der Waals surface area contributed by atoms with Crippen LogP contribution in [0.4, 0.5) is 0 Å². The number of carbonyl (C=O) groups is 3. The number of thiophene rings is 1. The maximum Gasteiger partial charge on any atom is 0.246 e. The molecule has 1 aromatic heterocycles. The summed E-state index contributed by atoms with van der Waals surface area (Å²) in [6, 6.07) is 3.21. The fraction of sp³-hybridized carbons (Fsp3) is 0.462. The van der Waals surface area contributed by atoms with E-state index < -0.39 is 0 Å². The van der Waals surface area contributed by atoms with Crippen LogP contribution in [-0.4, -0.2) is 53.1 Å². The van der Waals surface area contributed by atoms with Crippen LogP contribution in [0.3, 0.4) is 0 Å². The van der Waals surface area contributed by atoms with Crippen molar-refractivity contribution in [3.8, 4) is 0 Å². The predicted molar refractivity (Wildman–Crippen MR) is 70.0 cm³/mol. The molecule has 3 rings (SSSR count). The molecule has 0 radical (unpaired) electrons. The summed E-state index contributed by atoms with van der Waals surface area (Å²) in [7, 11) is 0. The van der Waals surface area contributed by atoms with E-state index in [0.717, 1.165) is 6.42 Å². The monoisotopic (exact) mass is 278 g/mol. The van der Waals surface area contributed by atoms with Crippen molar-refractivity contribution in [3.05, 3.63) is 22.4 Å². The van der Waals surface area contributed by atoms with Gasteiger partial charge < -0.3 is 9.80 Å². The SMILES string of the molecule is O=C(CN1CC(=O)N2CCCC2C1=O)c1cccs1. The van der Waals surface area contributed by atoms with Crippen LogP contribution in [0.5, 0.6) is 0 Å². The first-order chi connectivity index (χ1) is 9.16. The van der Waals surface area contributed by atoms with E-state index in [4.69, 9.17) is 0 Å². The lowest BCUT2D eigenvalue weighted by molar-refractivity contribution is -0.152. The van der Waals surface area contributed by atoms with E-state index >= 15 is 0 Å². The van der Waals surface area contributed by atoms with Gasteiger partial charge in [-0.1, -0.05) is 6.07 Å². The van der Waals surface area contributed by atoms with Crippen molar-refractivity contribution in [2.45, 2.75) is 18.9 Å². The van der Waals surface area contributed by atoms with Crippen molar-refractivity contribution >= 4 is 28.9 Å². The van der Waals surface area contributed by atoms with Crippen LogP contribution < -0.4 is 0 Å². The number of ketones is 1. The summed E-state index contributed by atoms with van der Waals surface area (Å²) in [6.45, 7) is 0.712. The van der Waals surface area contributed by atoms with Crippen LogP contribution in [-0.2, 0) is 9.59 Å². The van der Waals surface area contributed by atoms with E-state index in [-0.39, 0.29) is 36.7 Å². The molecular weight excluding hydrogens is 264 g/mol. The zero-order valence-electron chi connectivity index (χ0n) is 10.4. The van der Waals surface area contributed by atoms with Crippen LogP contribution in [0.25, 0.3) is 0 Å². The first-order valence-corrected chi connectivity index (χ1v) is 7.20. The number of nitrogens with zero attached hydrogens (tertiary/aromatic N) is 2. The van der Waals surface area contributed by atoms with Gasteiger partial charge in [0.15, 0.2) is 5.78 Å². The molecule has 2 amide bonds. The Hall–Kier alpha value is -1.69. The Morgan fingerprint density at radius 2 is 2.26 bits per heavy atom. The summed E-state index contributed by atoms with van der Waals surface area (Å²) in [5.74, 6) is -0.217. The van der Waals surface area contributed by atoms with Crippen molar-refractivity contribution in [2.75, 3.05) is 19.6 Å². The quantitative estimate of drug-likeness (QED) is 0.767. The highest BCUT2D eigenvalue weighted by molar-refractivity contribution is 7.12. The fourth-order valence-electron chi connectivity index (χ4n) is 2.69. The molecule has 0 saturated carbocycles. The molecule has 0 aliphatic carbocycles. The largest absolute Gasteiger partial charge is 0.329 e. The molecule has 3 heterocycles. The molecule has 1 aromatic rings. The molecule has 19 heavy (non-hydrogen) atoms. The molecule has 2 fully saturated rings. The van der Waals surface area contributed by atoms with Crippen LogP contribution in [0.15, 0.2) is 17.5 Å². The number of Topliss-reactive ketones (excluding diaryl/α,β-unsaturated/α-hetero) is 1. The van der Waals surface area contributed by atoms with Gasteiger partial charge >= 0.3 is 0 Å². The van der Waals surface area contributed by atoms with Crippen molar-refractivity contribution in [1.82, 2.24) is 9.80 Å². The van der Waals surface area contributed by atoms with E-state index in [2.05, 4.69) is 0 Å². The van der Waals surface area contributed by atoms with Gasteiger partial charge in [-0.3, -0.25) is 14.4 Å². The highest BCUT2D eigenvalue weighted by Gasteiger charge is 2.42. The van der Waals surface area contributed by atoms with Crippen LogP contribution in [0.2, 0.25) is 0 Å². The summed E-state index contributed by atoms with van der Waals surface area (Å²) in [6.07, 6.45) is 1.59. The first kappa shape index (κ1) is 12.3. The summed E-state index contributed by atoms with van der Waals surface area (Å²) in [5.41, 5.74) is 0. The maximum absolute atomic E-state index is 12.2. The molecule has 100 valence electrons. The lowest BCUT2D eigenvalue weighted by Crippen LogP contribution is -2.58. The maximum atomic E-state index is 12.2. The minimum absolute atomic E-state index is 0.00935. The Morgan fingerprint density at radius 1 is 1.42 bits per heavy atom. The van der Waals surface area contributed by atoms with E-state index in [1.165, 1.54) is 16.2 Å². The lowest BCUT2D eigenvalue weighted by atomic mass is 10.1. The molecule has 0 spiro atoms. The number of fused-ring (bicyclic) bond motifs is 1. The topological polar surface area (TPSA) is 57.7 Å². The Kier molecular flexibility index (Phi) is 3.10. The van der Waals surface area contributed by atoms with E-state index in [1.807, 2.05) is 5.38 Å². The standard InChI is InChI=1S/C13H14N2O3S/c16-10(11-4-2-6-19-11)7-14-8-12(17)15-5-1-3-9(15)13(14)18/h2,4,6,9H,1,3,5,7-8H2. The molecule has 0 aromatic carbocycles. The van der Waals surface area contributed by atoms with Crippen LogP contribution in [0, 0.1) is 0 Å². The second-order valence-corrected chi connectivity index (χ2v) is 5.79. The number of hydrogen-bond donors (Lipinski definition) is 0. The van der Waals surface area contributed by atoms with Crippen LogP contribution in [0.1, 0.15) is 22.5 Å². The number of piperazine rings is 1. The van der Waals surface area contributed by atoms with E-state index in [9.17, 15) is 14.4 Å². The van der Waals surface area contributed by atoms with Gasteiger partial charge in [-0.2, -0.15) is 0 Å². The summed E-state index contributed by atoms with van der Waals surface area (Å²) < 4.78 is 0. The normalized spacial score (nSPS) is 22.8. The summed E-state index contributed by atoms with van der Waals surface area (Å²) in [4.78, 5) is 39.9. The van der Waals surface area contributed by atoms with Gasteiger partial charge in [0.05, 0.1) is 11.4 Å². The van der Waals surface area contributed by atoms with Gasteiger partial charge in [0.2, 0.25) is 11.8 Å². The second-order valence-electron chi connectivity index (χ2n) is 4.84. The predicted octanol–water partition coefficient (Wildman–Crippen LogP) is 0.764. The smallest absolute Gasteiger partial charge is 0.246 e. The van der Waals surface area contributed by atoms with Crippen molar-refractivity contribution in [2.24, 2.45) is 0 Å². The highest BCUT2D eigenvalue weighted by Crippen LogP contribution is 2.24. The minimum atomic E-state index is -0.336. The van der Waals surface area contributed by atoms with Gasteiger partial charge in [0.25, 0.3) is 0 Å². The number of rotatable bonds is 3. The third-order valence-electron chi connectivity index (χ3n) is 3.63. The Morgan fingerprint density at radius 3 is 3.00 bits per heavy atom. The van der Waals surface area contributed by atoms with E-state index in [0.29, 0.717) is 17.8 Å². The van der Waals surface area contributed by atoms with E-state index in [1.54, 1.807) is 17.0 Å². The van der Waals surface area contributed by atoms with Crippen molar-refractivity contribution in [1.29, 1.82) is 0 Å². The molecule has 0 bridgehead atoms. The Labute approximate surface area is 114 Å². The number of hydrogen-bond acceptors (Lipinski definition) is 4. The molecule has 6 heteroatoms. The molecule has 2 aliphatic heterocycles. The molecule has 2 saturated heterocycles. The Balaban J connectivity index is 1.73. The second kappa shape index (κ2) is 4.77. The number of carbonyl (C=O) groups excluding carboxylic acids is 3. The fourth-order valence-corrected chi connectivity index (χ4v) is 3.34. The average molecular weight is 278 g/mol. The summed E-state index contributed by atoms with van der Waals surface area (Å²) >= 11 is 1.36. The highest BCUT2D eigenvalue weighted by atomic mass is 32.1. The third-order valence-corrected chi connectivity index (χ3v) is 4.54. The van der Waals surface area contributed by atoms with Gasteiger partial charge in [-0.25, -0.2) is 0 Å². The lowest BCUT2D eigenvalue weighted by Gasteiger charge is -2.35. The molecule has 0 N–H and O–H groups in total. The molecule has 2 aliphatic rings. The van der Waals surface area contributed by atoms with Crippen LogP contribution >= 0.6 is 11.3 Å². The summed E-state index contributed by atoms with van der Waals surface area (Å²) in [5, 5.41) is 1.83. The van der Waals surface area contributed by atoms with Gasteiger partial charge in [-0.05, 0) is 24.3 Å². The molecule has 1 unspecified atom stereocenters. The first-order valence-electron chi connectivity index (χ1n) is 6.32. The third kappa shape index (κ3) is 2.16. The zero-order chi connectivity index (χ0) is 13.4.